The molecule has 2 rings (SSSR count). The number of aromatic nitrogens is 2. The first-order chi connectivity index (χ1) is 9.97. The fourth-order valence-electron chi connectivity index (χ4n) is 1.77. The van der Waals surface area contributed by atoms with E-state index in [1.807, 2.05) is 13.8 Å². The fraction of sp³-hybridized carbons (Fsp3) is 0.357. The average molecular weight is 294 g/mol. The van der Waals surface area contributed by atoms with Gasteiger partial charge in [0.2, 0.25) is 0 Å². The van der Waals surface area contributed by atoms with Crippen LogP contribution in [0.1, 0.15) is 35.9 Å². The minimum Gasteiger partial charge on any atom is -0.483 e. The first kappa shape index (κ1) is 15.0. The number of rotatable bonds is 6. The highest BCUT2D eigenvalue weighted by atomic mass is 19.1. The van der Waals surface area contributed by atoms with Gasteiger partial charge in [0.1, 0.15) is 17.1 Å². The molecule has 0 spiro atoms. The summed E-state index contributed by atoms with van der Waals surface area (Å²) in [6.07, 6.45) is 0.670. The Labute approximate surface area is 120 Å². The third-order valence-electron chi connectivity index (χ3n) is 2.64. The largest absolute Gasteiger partial charge is 0.483 e. The molecule has 1 heterocycles. The van der Waals surface area contributed by atoms with Crippen LogP contribution in [0.15, 0.2) is 22.7 Å². The Bertz CT molecular complexity index is 640. The maximum absolute atomic E-state index is 13.5. The van der Waals surface area contributed by atoms with E-state index in [1.54, 1.807) is 0 Å². The summed E-state index contributed by atoms with van der Waals surface area (Å²) in [4.78, 5) is 15.1. The van der Waals surface area contributed by atoms with Crippen molar-refractivity contribution in [1.82, 2.24) is 10.1 Å². The minimum atomic E-state index is -1.39. The van der Waals surface area contributed by atoms with E-state index in [9.17, 15) is 9.18 Å². The third-order valence-corrected chi connectivity index (χ3v) is 2.64. The standard InChI is InChI=1S/C14H15FN2O4/c1-8(2)6-11-16-12(21-17-11)7-20-10-5-3-4-9(15)13(10)14(18)19/h3-5,8H,6-7H2,1-2H3,(H,18,19). The van der Waals surface area contributed by atoms with Crippen LogP contribution in [0.2, 0.25) is 0 Å². The number of aromatic carboxylic acids is 1. The highest BCUT2D eigenvalue weighted by molar-refractivity contribution is 5.91. The van der Waals surface area contributed by atoms with Gasteiger partial charge in [0.25, 0.3) is 5.89 Å². The van der Waals surface area contributed by atoms with Crippen molar-refractivity contribution >= 4 is 5.97 Å². The van der Waals surface area contributed by atoms with Gasteiger partial charge in [0.15, 0.2) is 12.4 Å². The molecule has 0 aliphatic rings. The molecule has 2 aromatic rings. The lowest BCUT2D eigenvalue weighted by atomic mass is 10.1. The van der Waals surface area contributed by atoms with Crippen molar-refractivity contribution in [2.24, 2.45) is 5.92 Å². The fourth-order valence-corrected chi connectivity index (χ4v) is 1.77. The first-order valence-electron chi connectivity index (χ1n) is 6.43. The van der Waals surface area contributed by atoms with Gasteiger partial charge in [-0.1, -0.05) is 25.1 Å². The molecule has 0 aliphatic heterocycles. The van der Waals surface area contributed by atoms with Gasteiger partial charge in [-0.3, -0.25) is 0 Å². The molecule has 6 nitrogen and oxygen atoms in total. The van der Waals surface area contributed by atoms with Crippen LogP contribution in [0.25, 0.3) is 0 Å². The van der Waals surface area contributed by atoms with Crippen LogP contribution in [0.5, 0.6) is 5.75 Å². The molecule has 21 heavy (non-hydrogen) atoms. The predicted octanol–water partition coefficient (Wildman–Crippen LogP) is 2.68. The van der Waals surface area contributed by atoms with Crippen LogP contribution in [-0.4, -0.2) is 21.2 Å². The van der Waals surface area contributed by atoms with E-state index in [1.165, 1.54) is 12.1 Å². The summed E-state index contributed by atoms with van der Waals surface area (Å²) in [5.41, 5.74) is -0.514. The second kappa shape index (κ2) is 6.34. The second-order valence-corrected chi connectivity index (χ2v) is 4.91. The molecule has 1 aromatic carbocycles. The topological polar surface area (TPSA) is 85.5 Å². The molecule has 0 bridgehead atoms. The summed E-state index contributed by atoms with van der Waals surface area (Å²) >= 11 is 0. The van der Waals surface area contributed by atoms with Crippen LogP contribution in [0, 0.1) is 11.7 Å². The molecule has 0 saturated heterocycles. The van der Waals surface area contributed by atoms with Gasteiger partial charge < -0.3 is 14.4 Å². The molecule has 7 heteroatoms. The van der Waals surface area contributed by atoms with E-state index >= 15 is 0 Å². The first-order valence-corrected chi connectivity index (χ1v) is 6.43. The Kier molecular flexibility index (Phi) is 4.52. The third kappa shape index (κ3) is 3.77. The predicted molar refractivity (Wildman–Crippen MR) is 70.5 cm³/mol. The number of carboxylic acid groups (broad SMARTS) is 1. The molecular weight excluding hydrogens is 279 g/mol. The van der Waals surface area contributed by atoms with Gasteiger partial charge >= 0.3 is 5.97 Å². The molecule has 0 unspecified atom stereocenters. The van der Waals surface area contributed by atoms with Gasteiger partial charge in [-0.15, -0.1) is 0 Å². The van der Waals surface area contributed by atoms with E-state index in [-0.39, 0.29) is 18.2 Å². The lowest BCUT2D eigenvalue weighted by Crippen LogP contribution is -2.06. The summed E-state index contributed by atoms with van der Waals surface area (Å²) in [6, 6.07) is 3.80. The van der Waals surface area contributed by atoms with Crippen molar-refractivity contribution in [2.45, 2.75) is 26.9 Å². The zero-order chi connectivity index (χ0) is 15.4. The molecule has 112 valence electrons. The number of halogens is 1. The smallest absolute Gasteiger partial charge is 0.342 e. The van der Waals surface area contributed by atoms with E-state index < -0.39 is 17.3 Å². The van der Waals surface area contributed by atoms with Crippen molar-refractivity contribution in [1.29, 1.82) is 0 Å². The summed E-state index contributed by atoms with van der Waals surface area (Å²) in [7, 11) is 0. The molecule has 0 saturated carbocycles. The number of hydrogen-bond acceptors (Lipinski definition) is 5. The normalized spacial score (nSPS) is 10.9. The molecule has 0 amide bonds. The molecule has 0 atom stereocenters. The zero-order valence-corrected chi connectivity index (χ0v) is 11.7. The SMILES string of the molecule is CC(C)Cc1noc(COc2cccc(F)c2C(=O)O)n1. The van der Waals surface area contributed by atoms with E-state index in [0.29, 0.717) is 18.2 Å². The van der Waals surface area contributed by atoms with Crippen LogP contribution < -0.4 is 4.74 Å². The van der Waals surface area contributed by atoms with Crippen LogP contribution >= 0.6 is 0 Å². The molecule has 0 radical (unpaired) electrons. The molecule has 1 aromatic heterocycles. The van der Waals surface area contributed by atoms with Crippen molar-refractivity contribution in [3.8, 4) is 5.75 Å². The van der Waals surface area contributed by atoms with Gasteiger partial charge in [-0.25, -0.2) is 9.18 Å². The number of ether oxygens (including phenoxy) is 1. The number of nitrogens with zero attached hydrogens (tertiary/aromatic N) is 2. The number of benzene rings is 1. The van der Waals surface area contributed by atoms with Crippen molar-refractivity contribution in [3.63, 3.8) is 0 Å². The molecular formula is C14H15FN2O4. The summed E-state index contributed by atoms with van der Waals surface area (Å²) in [6.45, 7) is 3.94. The maximum atomic E-state index is 13.5. The molecule has 0 aliphatic carbocycles. The highest BCUT2D eigenvalue weighted by Gasteiger charge is 2.18. The van der Waals surface area contributed by atoms with E-state index in [2.05, 4.69) is 10.1 Å². The number of carboxylic acids is 1. The van der Waals surface area contributed by atoms with Gasteiger partial charge in [0.05, 0.1) is 0 Å². The quantitative estimate of drug-likeness (QED) is 0.881. The lowest BCUT2D eigenvalue weighted by molar-refractivity contribution is 0.0685. The lowest BCUT2D eigenvalue weighted by Gasteiger charge is -2.07. The monoisotopic (exact) mass is 294 g/mol. The van der Waals surface area contributed by atoms with Crippen LogP contribution in [0.4, 0.5) is 4.39 Å². The Morgan fingerprint density at radius 2 is 2.24 bits per heavy atom. The highest BCUT2D eigenvalue weighted by Crippen LogP contribution is 2.22. The summed E-state index contributed by atoms with van der Waals surface area (Å²) < 4.78 is 23.7. The van der Waals surface area contributed by atoms with Gasteiger partial charge in [-0.05, 0) is 18.1 Å². The average Bonchev–Trinajstić information content (AvgIpc) is 2.82. The molecule has 0 fully saturated rings. The van der Waals surface area contributed by atoms with Crippen LogP contribution in [-0.2, 0) is 13.0 Å². The maximum Gasteiger partial charge on any atom is 0.342 e. The molecule has 1 N–H and O–H groups in total. The summed E-state index contributed by atoms with van der Waals surface area (Å²) in [5.74, 6) is -1.17. The Balaban J connectivity index is 2.08. The Morgan fingerprint density at radius 1 is 1.48 bits per heavy atom. The number of carbonyl (C=O) groups is 1. The van der Waals surface area contributed by atoms with E-state index in [0.717, 1.165) is 6.07 Å². The summed E-state index contributed by atoms with van der Waals surface area (Å²) in [5, 5.41) is 12.8. The second-order valence-electron chi connectivity index (χ2n) is 4.91. The van der Waals surface area contributed by atoms with Gasteiger partial charge in [-0.2, -0.15) is 4.98 Å². The van der Waals surface area contributed by atoms with Gasteiger partial charge in [0, 0.05) is 6.42 Å². The van der Waals surface area contributed by atoms with Crippen molar-refractivity contribution in [3.05, 3.63) is 41.3 Å². The minimum absolute atomic E-state index is 0.0777. The Morgan fingerprint density at radius 3 is 2.90 bits per heavy atom. The van der Waals surface area contributed by atoms with E-state index in [4.69, 9.17) is 14.4 Å². The zero-order valence-electron chi connectivity index (χ0n) is 11.7. The number of hydrogen-bond donors (Lipinski definition) is 1. The van der Waals surface area contributed by atoms with Crippen molar-refractivity contribution in [2.75, 3.05) is 0 Å². The van der Waals surface area contributed by atoms with Crippen LogP contribution in [0.3, 0.4) is 0 Å². The Hall–Kier alpha value is -2.44. The van der Waals surface area contributed by atoms with Crippen molar-refractivity contribution < 1.29 is 23.6 Å².